The van der Waals surface area contributed by atoms with Crippen LogP contribution in [-0.4, -0.2) is 25.2 Å². The summed E-state index contributed by atoms with van der Waals surface area (Å²) in [5.74, 6) is -0.433. The number of hydrogen-bond donors (Lipinski definition) is 1. The molecule has 148 valence electrons. The molecule has 0 heterocycles. The smallest absolute Gasteiger partial charge is 0.253 e. The number of carbonyl (C=O) groups is 2. The van der Waals surface area contributed by atoms with Crippen LogP contribution in [0.1, 0.15) is 15.9 Å². The third kappa shape index (κ3) is 6.27. The molecule has 0 aliphatic rings. The van der Waals surface area contributed by atoms with Gasteiger partial charge in [-0.05, 0) is 42.0 Å². The molecular formula is C23H21BrN2O3. The standard InChI is InChI=1S/C23H21BrN2O3/c24-20-11-13-21(14-12-20)26(15-18-7-3-1-4-8-18)22(27)16-29-17-25-23(28)19-9-5-2-6-10-19/h1-14H,15-17H2,(H,25,28). The van der Waals surface area contributed by atoms with Crippen molar-refractivity contribution in [3.8, 4) is 0 Å². The maximum absolute atomic E-state index is 12.8. The van der Waals surface area contributed by atoms with Gasteiger partial charge in [0.2, 0.25) is 0 Å². The molecule has 6 heteroatoms. The van der Waals surface area contributed by atoms with Crippen molar-refractivity contribution in [3.05, 3.63) is 101 Å². The first-order valence-electron chi connectivity index (χ1n) is 9.14. The lowest BCUT2D eigenvalue weighted by atomic mass is 10.2. The van der Waals surface area contributed by atoms with E-state index in [1.165, 1.54) is 0 Å². The number of nitrogens with one attached hydrogen (secondary N) is 1. The molecule has 2 amide bonds. The summed E-state index contributed by atoms with van der Waals surface area (Å²) in [4.78, 5) is 26.5. The van der Waals surface area contributed by atoms with E-state index in [4.69, 9.17) is 4.74 Å². The number of benzene rings is 3. The molecule has 0 atom stereocenters. The molecule has 0 aliphatic heterocycles. The van der Waals surface area contributed by atoms with Gasteiger partial charge in [0.1, 0.15) is 13.3 Å². The Kier molecular flexibility index (Phi) is 7.55. The van der Waals surface area contributed by atoms with Crippen molar-refractivity contribution in [2.75, 3.05) is 18.2 Å². The molecule has 0 bridgehead atoms. The first-order chi connectivity index (χ1) is 14.1. The second-order valence-corrected chi connectivity index (χ2v) is 7.22. The van der Waals surface area contributed by atoms with Crippen LogP contribution in [-0.2, 0) is 16.1 Å². The molecule has 3 rings (SSSR count). The maximum Gasteiger partial charge on any atom is 0.253 e. The Hall–Kier alpha value is -2.96. The lowest BCUT2D eigenvalue weighted by Gasteiger charge is -2.23. The summed E-state index contributed by atoms with van der Waals surface area (Å²) >= 11 is 3.41. The van der Waals surface area contributed by atoms with Gasteiger partial charge in [-0.3, -0.25) is 9.59 Å². The van der Waals surface area contributed by atoms with Crippen molar-refractivity contribution in [1.29, 1.82) is 0 Å². The highest BCUT2D eigenvalue weighted by Crippen LogP contribution is 2.21. The van der Waals surface area contributed by atoms with E-state index in [-0.39, 0.29) is 25.2 Å². The van der Waals surface area contributed by atoms with Gasteiger partial charge in [-0.1, -0.05) is 64.5 Å². The molecule has 0 unspecified atom stereocenters. The van der Waals surface area contributed by atoms with Crippen LogP contribution in [0.2, 0.25) is 0 Å². The average molecular weight is 453 g/mol. The number of rotatable bonds is 8. The molecule has 0 aromatic heterocycles. The highest BCUT2D eigenvalue weighted by atomic mass is 79.9. The van der Waals surface area contributed by atoms with Crippen molar-refractivity contribution < 1.29 is 14.3 Å². The van der Waals surface area contributed by atoms with E-state index in [1.807, 2.05) is 60.7 Å². The first kappa shape index (κ1) is 20.8. The molecule has 0 fully saturated rings. The molecule has 0 spiro atoms. The van der Waals surface area contributed by atoms with Crippen LogP contribution < -0.4 is 10.2 Å². The van der Waals surface area contributed by atoms with E-state index in [0.29, 0.717) is 12.1 Å². The molecule has 0 aliphatic carbocycles. The molecular weight excluding hydrogens is 432 g/mol. The largest absolute Gasteiger partial charge is 0.351 e. The van der Waals surface area contributed by atoms with Crippen LogP contribution >= 0.6 is 15.9 Å². The summed E-state index contributed by atoms with van der Waals surface area (Å²) in [6.07, 6.45) is 0. The van der Waals surface area contributed by atoms with Crippen molar-refractivity contribution in [2.45, 2.75) is 6.54 Å². The highest BCUT2D eigenvalue weighted by molar-refractivity contribution is 9.10. The summed E-state index contributed by atoms with van der Waals surface area (Å²) in [6, 6.07) is 26.2. The molecule has 0 saturated carbocycles. The molecule has 0 radical (unpaired) electrons. The molecule has 3 aromatic rings. The number of hydrogen-bond acceptors (Lipinski definition) is 3. The minimum Gasteiger partial charge on any atom is -0.351 e. The predicted molar refractivity (Wildman–Crippen MR) is 117 cm³/mol. The van der Waals surface area contributed by atoms with Gasteiger partial charge >= 0.3 is 0 Å². The molecule has 5 nitrogen and oxygen atoms in total. The summed E-state index contributed by atoms with van der Waals surface area (Å²) < 4.78 is 6.36. The van der Waals surface area contributed by atoms with Gasteiger partial charge < -0.3 is 15.0 Å². The van der Waals surface area contributed by atoms with Gasteiger partial charge in [-0.2, -0.15) is 0 Å². The second kappa shape index (κ2) is 10.5. The summed E-state index contributed by atoms with van der Waals surface area (Å²) in [7, 11) is 0. The zero-order valence-corrected chi connectivity index (χ0v) is 17.3. The number of halogens is 1. The minimum absolute atomic E-state index is 0.0427. The quantitative estimate of drug-likeness (QED) is 0.407. The zero-order chi connectivity index (χ0) is 20.5. The van der Waals surface area contributed by atoms with E-state index in [2.05, 4.69) is 21.2 Å². The molecule has 0 saturated heterocycles. The van der Waals surface area contributed by atoms with E-state index < -0.39 is 0 Å². The Bertz CT molecular complexity index is 931. The zero-order valence-electron chi connectivity index (χ0n) is 15.8. The van der Waals surface area contributed by atoms with Crippen molar-refractivity contribution in [2.24, 2.45) is 0 Å². The number of ether oxygens (including phenoxy) is 1. The number of carbonyl (C=O) groups excluding carboxylic acids is 2. The Balaban J connectivity index is 1.59. The summed E-state index contributed by atoms with van der Waals surface area (Å²) in [5, 5.41) is 2.65. The molecule has 1 N–H and O–H groups in total. The van der Waals surface area contributed by atoms with Gasteiger partial charge in [0.25, 0.3) is 11.8 Å². The van der Waals surface area contributed by atoms with Gasteiger partial charge in [0.05, 0.1) is 6.54 Å². The Labute approximate surface area is 178 Å². The normalized spacial score (nSPS) is 10.4. The number of nitrogens with zero attached hydrogens (tertiary/aromatic N) is 1. The Morgan fingerprint density at radius 3 is 2.14 bits per heavy atom. The average Bonchev–Trinajstić information content (AvgIpc) is 2.77. The van der Waals surface area contributed by atoms with Crippen LogP contribution in [0, 0.1) is 0 Å². The van der Waals surface area contributed by atoms with E-state index in [9.17, 15) is 9.59 Å². The summed E-state index contributed by atoms with van der Waals surface area (Å²) in [6.45, 7) is 0.248. The van der Waals surface area contributed by atoms with Gasteiger partial charge in [0, 0.05) is 15.7 Å². The van der Waals surface area contributed by atoms with Gasteiger partial charge in [0.15, 0.2) is 0 Å². The van der Waals surface area contributed by atoms with Crippen molar-refractivity contribution in [3.63, 3.8) is 0 Å². The van der Waals surface area contributed by atoms with Gasteiger partial charge in [-0.15, -0.1) is 0 Å². The third-order valence-electron chi connectivity index (χ3n) is 4.22. The lowest BCUT2D eigenvalue weighted by Crippen LogP contribution is -2.35. The lowest BCUT2D eigenvalue weighted by molar-refractivity contribution is -0.123. The Morgan fingerprint density at radius 2 is 1.48 bits per heavy atom. The van der Waals surface area contributed by atoms with Crippen LogP contribution in [0.15, 0.2) is 89.4 Å². The topological polar surface area (TPSA) is 58.6 Å². The number of amides is 2. The fourth-order valence-electron chi connectivity index (χ4n) is 2.73. The van der Waals surface area contributed by atoms with Crippen LogP contribution in [0.3, 0.4) is 0 Å². The monoisotopic (exact) mass is 452 g/mol. The minimum atomic E-state index is -0.243. The first-order valence-corrected chi connectivity index (χ1v) is 9.93. The fourth-order valence-corrected chi connectivity index (χ4v) is 3.00. The predicted octanol–water partition coefficient (Wildman–Crippen LogP) is 4.39. The highest BCUT2D eigenvalue weighted by Gasteiger charge is 2.17. The van der Waals surface area contributed by atoms with Crippen LogP contribution in [0.4, 0.5) is 5.69 Å². The summed E-state index contributed by atoms with van der Waals surface area (Å²) in [5.41, 5.74) is 2.34. The van der Waals surface area contributed by atoms with Gasteiger partial charge in [-0.25, -0.2) is 0 Å². The van der Waals surface area contributed by atoms with E-state index >= 15 is 0 Å². The second-order valence-electron chi connectivity index (χ2n) is 6.31. The molecule has 3 aromatic carbocycles. The van der Waals surface area contributed by atoms with E-state index in [1.54, 1.807) is 29.2 Å². The van der Waals surface area contributed by atoms with Crippen molar-refractivity contribution >= 4 is 33.4 Å². The van der Waals surface area contributed by atoms with Crippen LogP contribution in [0.5, 0.6) is 0 Å². The third-order valence-corrected chi connectivity index (χ3v) is 4.75. The maximum atomic E-state index is 12.8. The Morgan fingerprint density at radius 1 is 0.862 bits per heavy atom. The molecule has 29 heavy (non-hydrogen) atoms. The van der Waals surface area contributed by atoms with Crippen molar-refractivity contribution in [1.82, 2.24) is 5.32 Å². The SMILES string of the molecule is O=C(NCOCC(=O)N(Cc1ccccc1)c1ccc(Br)cc1)c1ccccc1. The fraction of sp³-hybridized carbons (Fsp3) is 0.130. The van der Waals surface area contributed by atoms with E-state index in [0.717, 1.165) is 15.7 Å². The van der Waals surface area contributed by atoms with Crippen LogP contribution in [0.25, 0.3) is 0 Å². The number of anilines is 1.